The number of rotatable bonds is 9. The number of hydrogen-bond donors (Lipinski definition) is 0. The summed E-state index contributed by atoms with van der Waals surface area (Å²) in [6, 6.07) is 22.0. The zero-order chi connectivity index (χ0) is 29.0. The predicted molar refractivity (Wildman–Crippen MR) is 157 cm³/mol. The summed E-state index contributed by atoms with van der Waals surface area (Å²) in [5.74, 6) is 0.471. The Hall–Kier alpha value is -4.19. The number of carbonyl (C=O) groups is 1. The maximum Gasteiger partial charge on any atom is 0.363 e. The molecule has 3 aromatic carbocycles. The molecule has 41 heavy (non-hydrogen) atoms. The van der Waals surface area contributed by atoms with Gasteiger partial charge in [-0.25, -0.2) is 9.79 Å². The van der Waals surface area contributed by atoms with Gasteiger partial charge >= 0.3 is 5.97 Å². The first-order valence-electron chi connectivity index (χ1n) is 12.6. The van der Waals surface area contributed by atoms with E-state index in [4.69, 9.17) is 25.8 Å². The molecular formula is C29H24ClN3O6S2. The molecule has 1 aromatic heterocycles. The van der Waals surface area contributed by atoms with Crippen LogP contribution in [0, 0.1) is 0 Å². The van der Waals surface area contributed by atoms with E-state index in [2.05, 4.69) is 9.39 Å². The van der Waals surface area contributed by atoms with E-state index in [0.29, 0.717) is 40.8 Å². The van der Waals surface area contributed by atoms with E-state index in [1.54, 1.807) is 60.7 Å². The summed E-state index contributed by atoms with van der Waals surface area (Å²) in [7, 11) is -4.05. The van der Waals surface area contributed by atoms with Gasteiger partial charge in [0.25, 0.3) is 10.0 Å². The lowest BCUT2D eigenvalue weighted by Crippen LogP contribution is -2.15. The lowest BCUT2D eigenvalue weighted by Gasteiger charge is -2.11. The van der Waals surface area contributed by atoms with E-state index in [-0.39, 0.29) is 26.4 Å². The second-order valence-corrected chi connectivity index (χ2v) is 11.4. The summed E-state index contributed by atoms with van der Waals surface area (Å²) >= 11 is 7.76. The fraction of sp³-hybridized carbons (Fsp3) is 0.138. The van der Waals surface area contributed by atoms with E-state index >= 15 is 0 Å². The molecule has 0 spiro atoms. The molecule has 0 atom stereocenters. The van der Waals surface area contributed by atoms with Gasteiger partial charge in [-0.1, -0.05) is 59.3 Å². The fourth-order valence-electron chi connectivity index (χ4n) is 3.92. The average molecular weight is 610 g/mol. The Kier molecular flexibility index (Phi) is 8.39. The Morgan fingerprint density at radius 1 is 0.976 bits per heavy atom. The highest BCUT2D eigenvalue weighted by Crippen LogP contribution is 2.31. The number of aromatic nitrogens is 1. The highest BCUT2D eigenvalue weighted by Gasteiger charge is 2.27. The maximum atomic E-state index is 13.1. The first-order valence-corrected chi connectivity index (χ1v) is 15.2. The number of halogens is 1. The molecular weight excluding hydrogens is 586 g/mol. The number of sulfonamides is 1. The Morgan fingerprint density at radius 2 is 1.63 bits per heavy atom. The van der Waals surface area contributed by atoms with Crippen LogP contribution in [0.5, 0.6) is 11.5 Å². The zero-order valence-corrected chi connectivity index (χ0v) is 24.4. The number of benzene rings is 3. The number of carbonyl (C=O) groups excluding carboxylic acids is 1. The maximum absolute atomic E-state index is 13.1. The summed E-state index contributed by atoms with van der Waals surface area (Å²) in [6.07, 6.45) is 1.45. The van der Waals surface area contributed by atoms with Crippen LogP contribution in [0.15, 0.2) is 98.8 Å². The van der Waals surface area contributed by atoms with Gasteiger partial charge in [0.05, 0.1) is 23.0 Å². The largest absolute Gasteiger partial charge is 0.490 e. The molecule has 0 aliphatic carbocycles. The molecule has 0 saturated heterocycles. The predicted octanol–water partition coefficient (Wildman–Crippen LogP) is 5.62. The number of ether oxygens (including phenoxy) is 3. The number of aliphatic imine (C=N–C) groups is 1. The summed E-state index contributed by atoms with van der Waals surface area (Å²) in [5.41, 5.74) is 1.11. The quantitative estimate of drug-likeness (QED) is 0.180. The third kappa shape index (κ3) is 6.12. The van der Waals surface area contributed by atoms with Gasteiger partial charge in [-0.15, -0.1) is 4.40 Å². The van der Waals surface area contributed by atoms with Gasteiger partial charge in [-0.05, 0) is 62.4 Å². The minimum atomic E-state index is -4.05. The van der Waals surface area contributed by atoms with Crippen LogP contribution in [0.4, 0.5) is 0 Å². The molecule has 0 amide bonds. The number of para-hydroxylation sites is 1. The van der Waals surface area contributed by atoms with Gasteiger partial charge in [0.15, 0.2) is 17.2 Å². The second-order valence-electron chi connectivity index (χ2n) is 8.45. The lowest BCUT2D eigenvalue weighted by molar-refractivity contribution is -0.129. The molecule has 1 aliphatic rings. The van der Waals surface area contributed by atoms with E-state index in [0.717, 1.165) is 11.3 Å². The lowest BCUT2D eigenvalue weighted by atomic mass is 10.2. The smallest absolute Gasteiger partial charge is 0.363 e. The molecule has 1 aliphatic heterocycles. The highest BCUT2D eigenvalue weighted by atomic mass is 35.5. The van der Waals surface area contributed by atoms with Crippen LogP contribution in [-0.4, -0.2) is 38.1 Å². The number of esters is 1. The second kappa shape index (κ2) is 12.1. The van der Waals surface area contributed by atoms with E-state index in [1.807, 2.05) is 19.9 Å². The molecule has 0 N–H and O–H groups in total. The first kappa shape index (κ1) is 28.3. The van der Waals surface area contributed by atoms with Crippen LogP contribution >= 0.6 is 22.9 Å². The van der Waals surface area contributed by atoms with Gasteiger partial charge in [0, 0.05) is 11.3 Å². The Balaban J connectivity index is 1.59. The number of hydrogen-bond acceptors (Lipinski definition) is 8. The monoisotopic (exact) mass is 609 g/mol. The summed E-state index contributed by atoms with van der Waals surface area (Å²) in [4.78, 5) is 17.7. The van der Waals surface area contributed by atoms with E-state index < -0.39 is 16.0 Å². The van der Waals surface area contributed by atoms with Gasteiger partial charge in [0.2, 0.25) is 10.7 Å². The van der Waals surface area contributed by atoms with Gasteiger partial charge in [-0.3, -0.25) is 4.57 Å². The van der Waals surface area contributed by atoms with Crippen LogP contribution in [0.25, 0.3) is 11.8 Å². The summed E-state index contributed by atoms with van der Waals surface area (Å²) in [6.45, 7) is 4.62. The molecule has 12 heteroatoms. The first-order chi connectivity index (χ1) is 19.8. The van der Waals surface area contributed by atoms with Gasteiger partial charge < -0.3 is 14.2 Å². The van der Waals surface area contributed by atoms with Crippen LogP contribution in [0.2, 0.25) is 5.15 Å². The van der Waals surface area contributed by atoms with Crippen molar-refractivity contribution in [3.8, 4) is 17.2 Å². The summed E-state index contributed by atoms with van der Waals surface area (Å²) in [5, 5.41) is 0.159. The SMILES string of the molecule is CCOc1ccc(C2=N/C(=C\c3s/c(=N\S(=O)(=O)c4ccccc4)n(-c4ccccc4)c3Cl)C(=O)O2)cc1OCC. The summed E-state index contributed by atoms with van der Waals surface area (Å²) < 4.78 is 48.5. The highest BCUT2D eigenvalue weighted by molar-refractivity contribution is 7.90. The van der Waals surface area contributed by atoms with Gasteiger partial charge in [-0.2, -0.15) is 8.42 Å². The van der Waals surface area contributed by atoms with Crippen LogP contribution in [0.1, 0.15) is 24.3 Å². The minimum Gasteiger partial charge on any atom is -0.490 e. The number of nitrogens with zero attached hydrogens (tertiary/aromatic N) is 3. The van der Waals surface area contributed by atoms with Crippen molar-refractivity contribution < 1.29 is 27.4 Å². The van der Waals surface area contributed by atoms with Crippen LogP contribution in [0.3, 0.4) is 0 Å². The standard InChI is InChI=1S/C29H24ClN3O6S2/c1-3-37-23-16-15-19(17-24(23)38-4-2)27-31-22(28(34)39-27)18-25-26(30)33(20-11-7-5-8-12-20)29(40-25)32-41(35,36)21-13-9-6-10-14-21/h5-18H,3-4H2,1-2H3/b22-18-,32-29-. The molecule has 0 radical (unpaired) electrons. The molecule has 5 rings (SSSR count). The van der Waals surface area contributed by atoms with Crippen LogP contribution in [-0.2, 0) is 19.6 Å². The van der Waals surface area contributed by atoms with Crippen molar-refractivity contribution in [2.75, 3.05) is 13.2 Å². The zero-order valence-electron chi connectivity index (χ0n) is 22.0. The van der Waals surface area contributed by atoms with E-state index in [9.17, 15) is 13.2 Å². The molecule has 0 bridgehead atoms. The topological polar surface area (TPSA) is 109 Å². The fourth-order valence-corrected chi connectivity index (χ4v) is 6.48. The number of cyclic esters (lactones) is 1. The van der Waals surface area contributed by atoms with Crippen molar-refractivity contribution in [3.05, 3.63) is 105 Å². The Morgan fingerprint density at radius 3 is 2.32 bits per heavy atom. The Bertz CT molecular complexity index is 1830. The van der Waals surface area contributed by atoms with Crippen molar-refractivity contribution in [2.24, 2.45) is 9.39 Å². The third-order valence-corrected chi connectivity index (χ3v) is 8.59. The van der Waals surface area contributed by atoms with Crippen molar-refractivity contribution in [2.45, 2.75) is 18.7 Å². The van der Waals surface area contributed by atoms with Crippen molar-refractivity contribution in [1.82, 2.24) is 4.57 Å². The van der Waals surface area contributed by atoms with E-state index in [1.165, 1.54) is 22.8 Å². The number of thiazole rings is 1. The molecule has 9 nitrogen and oxygen atoms in total. The van der Waals surface area contributed by atoms with Gasteiger partial charge in [0.1, 0.15) is 5.15 Å². The van der Waals surface area contributed by atoms with Crippen molar-refractivity contribution in [1.29, 1.82) is 0 Å². The molecule has 210 valence electrons. The molecule has 0 saturated carbocycles. The molecule has 2 heterocycles. The molecule has 0 fully saturated rings. The van der Waals surface area contributed by atoms with Crippen LogP contribution < -0.4 is 14.3 Å². The average Bonchev–Trinajstić information content (AvgIpc) is 3.49. The van der Waals surface area contributed by atoms with Crippen molar-refractivity contribution in [3.63, 3.8) is 0 Å². The minimum absolute atomic E-state index is 0.00678. The molecule has 4 aromatic rings. The van der Waals surface area contributed by atoms with Crippen molar-refractivity contribution >= 4 is 50.9 Å². The Labute approximate surface area is 245 Å². The molecule has 0 unspecified atom stereocenters. The third-order valence-electron chi connectivity index (χ3n) is 5.72. The normalized spacial score (nSPS) is 14.7.